The molecule has 0 amide bonds. The third-order valence-electron chi connectivity index (χ3n) is 3.95. The molecule has 0 radical (unpaired) electrons. The molecule has 0 saturated carbocycles. The largest absolute Gasteiger partial charge is 0.465 e. The predicted molar refractivity (Wildman–Crippen MR) is 89.1 cm³/mol. The number of hydrogen-bond donors (Lipinski definition) is 0. The molecule has 0 unspecified atom stereocenters. The van der Waals surface area contributed by atoms with Crippen molar-refractivity contribution in [2.75, 3.05) is 18.6 Å². The van der Waals surface area contributed by atoms with Gasteiger partial charge in [-0.25, -0.2) is 13.2 Å². The summed E-state index contributed by atoms with van der Waals surface area (Å²) >= 11 is 1.29. The molecule has 8 nitrogen and oxygen atoms in total. The summed E-state index contributed by atoms with van der Waals surface area (Å²) in [7, 11) is -1.59. The molecule has 1 atom stereocenters. The molecule has 1 saturated heterocycles. The molecular formula is C15H18N2O6S2. The van der Waals surface area contributed by atoms with E-state index in [1.807, 2.05) is 0 Å². The maximum absolute atomic E-state index is 11.6. The number of carbonyl (C=O) groups excluding carboxylic acids is 1. The van der Waals surface area contributed by atoms with Crippen LogP contribution in [0.3, 0.4) is 0 Å². The number of aryl methyl sites for hydroxylation is 1. The van der Waals surface area contributed by atoms with Crippen molar-refractivity contribution in [3.05, 3.63) is 29.0 Å². The van der Waals surface area contributed by atoms with Gasteiger partial charge in [-0.1, -0.05) is 11.8 Å². The van der Waals surface area contributed by atoms with Gasteiger partial charge in [0.05, 0.1) is 24.4 Å². The second kappa shape index (κ2) is 7.20. The highest BCUT2D eigenvalue weighted by molar-refractivity contribution is 7.98. The summed E-state index contributed by atoms with van der Waals surface area (Å²) in [6.45, 7) is 1.70. The zero-order valence-corrected chi connectivity index (χ0v) is 15.5. The number of aromatic nitrogens is 2. The molecule has 3 rings (SSSR count). The minimum atomic E-state index is -2.91. The van der Waals surface area contributed by atoms with Gasteiger partial charge in [-0.05, 0) is 25.3 Å². The molecule has 0 aliphatic carbocycles. The van der Waals surface area contributed by atoms with Gasteiger partial charge in [-0.15, -0.1) is 10.2 Å². The van der Waals surface area contributed by atoms with E-state index < -0.39 is 15.8 Å². The predicted octanol–water partition coefficient (Wildman–Crippen LogP) is 2.03. The molecule has 3 heterocycles. The topological polar surface area (TPSA) is 112 Å². The van der Waals surface area contributed by atoms with Crippen molar-refractivity contribution in [2.24, 2.45) is 5.92 Å². The van der Waals surface area contributed by atoms with Crippen molar-refractivity contribution in [3.63, 3.8) is 0 Å². The molecule has 136 valence electrons. The van der Waals surface area contributed by atoms with Crippen LogP contribution in [0.15, 0.2) is 20.1 Å². The maximum Gasteiger partial charge on any atom is 0.341 e. The van der Waals surface area contributed by atoms with E-state index in [0.717, 1.165) is 0 Å². The first-order chi connectivity index (χ1) is 11.9. The first-order valence-electron chi connectivity index (χ1n) is 7.69. The van der Waals surface area contributed by atoms with Gasteiger partial charge in [0.1, 0.15) is 17.1 Å². The van der Waals surface area contributed by atoms with Crippen LogP contribution in [0.1, 0.15) is 34.2 Å². The van der Waals surface area contributed by atoms with E-state index in [1.165, 1.54) is 18.9 Å². The van der Waals surface area contributed by atoms with Crippen LogP contribution in [-0.2, 0) is 26.7 Å². The molecule has 1 fully saturated rings. The van der Waals surface area contributed by atoms with Gasteiger partial charge in [-0.3, -0.25) is 0 Å². The summed E-state index contributed by atoms with van der Waals surface area (Å²) in [6.07, 6.45) is 1.11. The molecule has 0 N–H and O–H groups in total. The zero-order valence-electron chi connectivity index (χ0n) is 13.9. The van der Waals surface area contributed by atoms with Crippen molar-refractivity contribution in [3.8, 4) is 0 Å². The number of thioether (sulfide) groups is 1. The number of hydrogen-bond acceptors (Lipinski definition) is 9. The van der Waals surface area contributed by atoms with Crippen LogP contribution in [0.4, 0.5) is 0 Å². The fourth-order valence-corrected chi connectivity index (χ4v) is 5.24. The molecule has 25 heavy (non-hydrogen) atoms. The molecular weight excluding hydrogens is 368 g/mol. The Labute approximate surface area is 149 Å². The summed E-state index contributed by atoms with van der Waals surface area (Å²) < 4.78 is 38.7. The van der Waals surface area contributed by atoms with E-state index in [-0.39, 0.29) is 17.4 Å². The number of ether oxygens (including phenoxy) is 1. The zero-order chi connectivity index (χ0) is 18.0. The van der Waals surface area contributed by atoms with Crippen LogP contribution in [0.2, 0.25) is 0 Å². The van der Waals surface area contributed by atoms with Crippen LogP contribution >= 0.6 is 11.8 Å². The van der Waals surface area contributed by atoms with Gasteiger partial charge in [0.25, 0.3) is 5.22 Å². The minimum Gasteiger partial charge on any atom is -0.465 e. The Morgan fingerprint density at radius 1 is 1.40 bits per heavy atom. The standard InChI is InChI=1S/C15H18N2O6S2/c1-9-12(14(18)21-2)6-11(22-9)7-24-15-17-16-13(23-15)5-10-3-4-25(19,20)8-10/h6,10H,3-5,7-8H2,1-2H3/t10-/m1/s1. The van der Waals surface area contributed by atoms with E-state index in [0.29, 0.717) is 46.8 Å². The van der Waals surface area contributed by atoms with Crippen LogP contribution in [0.5, 0.6) is 0 Å². The molecule has 0 aromatic carbocycles. The Morgan fingerprint density at radius 3 is 2.88 bits per heavy atom. The quantitative estimate of drug-likeness (QED) is 0.543. The lowest BCUT2D eigenvalue weighted by molar-refractivity contribution is 0.0599. The second-order valence-electron chi connectivity index (χ2n) is 5.90. The number of methoxy groups -OCH3 is 1. The minimum absolute atomic E-state index is 0.0404. The highest BCUT2D eigenvalue weighted by atomic mass is 32.2. The van der Waals surface area contributed by atoms with Crippen molar-refractivity contribution >= 4 is 27.6 Å². The average Bonchev–Trinajstić information content (AvgIpc) is 3.24. The summed E-state index contributed by atoms with van der Waals surface area (Å²) in [5.41, 5.74) is 0.395. The summed E-state index contributed by atoms with van der Waals surface area (Å²) in [5.74, 6) is 1.98. The van der Waals surface area contributed by atoms with Crippen LogP contribution in [-0.4, -0.2) is 43.2 Å². The number of carbonyl (C=O) groups is 1. The molecule has 2 aromatic rings. The highest BCUT2D eigenvalue weighted by Crippen LogP contribution is 2.27. The number of sulfone groups is 1. The Hall–Kier alpha value is -1.81. The van der Waals surface area contributed by atoms with E-state index in [9.17, 15) is 13.2 Å². The van der Waals surface area contributed by atoms with E-state index in [1.54, 1.807) is 13.0 Å². The van der Waals surface area contributed by atoms with Gasteiger partial charge in [-0.2, -0.15) is 0 Å². The second-order valence-corrected chi connectivity index (χ2v) is 9.05. The van der Waals surface area contributed by atoms with Gasteiger partial charge in [0.15, 0.2) is 9.84 Å². The monoisotopic (exact) mass is 386 g/mol. The van der Waals surface area contributed by atoms with Gasteiger partial charge < -0.3 is 13.6 Å². The highest BCUT2D eigenvalue weighted by Gasteiger charge is 2.29. The normalized spacial score (nSPS) is 19.2. The molecule has 1 aliphatic heterocycles. The molecule has 10 heteroatoms. The van der Waals surface area contributed by atoms with Crippen LogP contribution in [0.25, 0.3) is 0 Å². The van der Waals surface area contributed by atoms with Crippen molar-refractivity contribution in [1.29, 1.82) is 0 Å². The number of esters is 1. The number of rotatable bonds is 6. The Kier molecular flexibility index (Phi) is 5.19. The number of nitrogens with zero attached hydrogens (tertiary/aromatic N) is 2. The SMILES string of the molecule is COC(=O)c1cc(CSc2nnc(C[C@H]3CCS(=O)(=O)C3)o2)oc1C. The van der Waals surface area contributed by atoms with Gasteiger partial charge >= 0.3 is 5.97 Å². The van der Waals surface area contributed by atoms with Gasteiger partial charge in [0.2, 0.25) is 5.89 Å². The molecule has 0 spiro atoms. The first kappa shape index (κ1) is 18.0. The summed E-state index contributed by atoms with van der Waals surface area (Å²) in [4.78, 5) is 11.6. The van der Waals surface area contributed by atoms with Crippen molar-refractivity contribution in [2.45, 2.75) is 30.7 Å². The summed E-state index contributed by atoms with van der Waals surface area (Å²) in [6, 6.07) is 1.63. The van der Waals surface area contributed by atoms with E-state index in [2.05, 4.69) is 14.9 Å². The third kappa shape index (κ3) is 4.43. The first-order valence-corrected chi connectivity index (χ1v) is 10.5. The van der Waals surface area contributed by atoms with Gasteiger partial charge in [0, 0.05) is 6.42 Å². The molecule has 2 aromatic heterocycles. The lowest BCUT2D eigenvalue weighted by atomic mass is 10.1. The summed E-state index contributed by atoms with van der Waals surface area (Å²) in [5, 5.41) is 8.30. The van der Waals surface area contributed by atoms with E-state index >= 15 is 0 Å². The molecule has 1 aliphatic rings. The molecule has 0 bridgehead atoms. The fourth-order valence-electron chi connectivity index (χ4n) is 2.72. The lowest BCUT2D eigenvalue weighted by Gasteiger charge is -2.01. The average molecular weight is 386 g/mol. The maximum atomic E-state index is 11.6. The fraction of sp³-hybridized carbons (Fsp3) is 0.533. The smallest absolute Gasteiger partial charge is 0.341 e. The Bertz CT molecular complexity index is 870. The lowest BCUT2D eigenvalue weighted by Crippen LogP contribution is -2.07. The number of furan rings is 1. The van der Waals surface area contributed by atoms with Crippen molar-refractivity contribution in [1.82, 2.24) is 10.2 Å². The van der Waals surface area contributed by atoms with Crippen LogP contribution < -0.4 is 0 Å². The Morgan fingerprint density at radius 2 is 2.20 bits per heavy atom. The van der Waals surface area contributed by atoms with Crippen LogP contribution in [0, 0.1) is 12.8 Å². The van der Waals surface area contributed by atoms with E-state index in [4.69, 9.17) is 8.83 Å². The van der Waals surface area contributed by atoms with Crippen molar-refractivity contribution < 1.29 is 26.8 Å². The Balaban J connectivity index is 1.56. The third-order valence-corrected chi connectivity index (χ3v) is 6.63.